The summed E-state index contributed by atoms with van der Waals surface area (Å²) in [6.45, 7) is 5.08. The van der Waals surface area contributed by atoms with E-state index in [9.17, 15) is 10.1 Å². The van der Waals surface area contributed by atoms with Crippen LogP contribution in [-0.4, -0.2) is 28.8 Å². The normalized spacial score (nSPS) is 11.1. The summed E-state index contributed by atoms with van der Waals surface area (Å²) in [7, 11) is 0. The van der Waals surface area contributed by atoms with Crippen molar-refractivity contribution in [3.8, 4) is 28.8 Å². The van der Waals surface area contributed by atoms with E-state index in [-0.39, 0.29) is 5.57 Å². The number of amides is 1. The van der Waals surface area contributed by atoms with E-state index >= 15 is 0 Å². The third-order valence-corrected chi connectivity index (χ3v) is 4.66. The lowest BCUT2D eigenvalue weighted by molar-refractivity contribution is -0.116. The number of nitriles is 1. The second-order valence-corrected chi connectivity index (χ2v) is 6.97. The van der Waals surface area contributed by atoms with Crippen LogP contribution in [-0.2, 0) is 4.79 Å². The van der Waals surface area contributed by atoms with Gasteiger partial charge in [-0.05, 0) is 55.8 Å². The van der Waals surface area contributed by atoms with Gasteiger partial charge in [0.05, 0.1) is 18.0 Å². The fraction of sp³-hybridized carbons (Fsp3) is 0.240. The molecular formula is C25H26N4O2. The Labute approximate surface area is 182 Å². The number of likely N-dealkylation sites (N-methyl/N-ethyl adjacent to an activating group) is 1. The summed E-state index contributed by atoms with van der Waals surface area (Å²) >= 11 is 0. The highest BCUT2D eigenvalue weighted by molar-refractivity contribution is 6.02. The van der Waals surface area contributed by atoms with Gasteiger partial charge in [0, 0.05) is 23.9 Å². The summed E-state index contributed by atoms with van der Waals surface area (Å²) in [5, 5.41) is 16.9. The van der Waals surface area contributed by atoms with E-state index in [0.29, 0.717) is 24.4 Å². The number of carbonyl (C=O) groups excluding carboxylic acids is 1. The average molecular weight is 415 g/mol. The molecule has 1 N–H and O–H groups in total. The zero-order valence-electron chi connectivity index (χ0n) is 17.8. The molecule has 31 heavy (non-hydrogen) atoms. The van der Waals surface area contributed by atoms with Crippen molar-refractivity contribution in [2.75, 3.05) is 13.2 Å². The van der Waals surface area contributed by atoms with Gasteiger partial charge in [0.25, 0.3) is 5.91 Å². The molecule has 3 rings (SSSR count). The molecule has 158 valence electrons. The Kier molecular flexibility index (Phi) is 7.61. The Bertz CT molecular complexity index is 1080. The molecule has 0 aliphatic rings. The first-order valence-electron chi connectivity index (χ1n) is 10.4. The van der Waals surface area contributed by atoms with Crippen molar-refractivity contribution in [1.29, 1.82) is 5.26 Å². The predicted molar refractivity (Wildman–Crippen MR) is 122 cm³/mol. The molecule has 6 heteroatoms. The molecule has 0 atom stereocenters. The van der Waals surface area contributed by atoms with E-state index in [4.69, 9.17) is 9.84 Å². The zero-order chi connectivity index (χ0) is 22.1. The minimum absolute atomic E-state index is 0.0373. The van der Waals surface area contributed by atoms with Crippen molar-refractivity contribution in [1.82, 2.24) is 15.1 Å². The maximum absolute atomic E-state index is 12.2. The van der Waals surface area contributed by atoms with E-state index in [1.165, 1.54) is 0 Å². The molecule has 0 unspecified atom stereocenters. The number of hydrogen-bond donors (Lipinski definition) is 1. The van der Waals surface area contributed by atoms with Gasteiger partial charge in [0.1, 0.15) is 17.4 Å². The maximum Gasteiger partial charge on any atom is 0.261 e. The van der Waals surface area contributed by atoms with Crippen LogP contribution in [0.25, 0.3) is 23.0 Å². The fourth-order valence-corrected chi connectivity index (χ4v) is 3.03. The number of para-hydroxylation sites is 1. The van der Waals surface area contributed by atoms with Gasteiger partial charge in [-0.25, -0.2) is 4.68 Å². The molecule has 1 amide bonds. The quantitative estimate of drug-likeness (QED) is 0.311. The van der Waals surface area contributed by atoms with Crippen LogP contribution in [0, 0.1) is 11.3 Å². The number of rotatable bonds is 9. The first kappa shape index (κ1) is 21.8. The molecular weight excluding hydrogens is 388 g/mol. The molecule has 0 spiro atoms. The summed E-state index contributed by atoms with van der Waals surface area (Å²) in [5.74, 6) is 0.403. The lowest BCUT2D eigenvalue weighted by atomic mass is 10.1. The van der Waals surface area contributed by atoms with Crippen molar-refractivity contribution >= 4 is 12.0 Å². The van der Waals surface area contributed by atoms with Gasteiger partial charge in [-0.1, -0.05) is 31.5 Å². The van der Waals surface area contributed by atoms with E-state index in [1.807, 2.05) is 73.8 Å². The van der Waals surface area contributed by atoms with Gasteiger partial charge < -0.3 is 10.1 Å². The number of unbranched alkanes of at least 4 members (excludes halogenated alkanes) is 1. The Hall–Kier alpha value is -3.85. The highest BCUT2D eigenvalue weighted by Crippen LogP contribution is 2.27. The average Bonchev–Trinajstić information content (AvgIpc) is 3.23. The molecule has 0 saturated heterocycles. The second-order valence-electron chi connectivity index (χ2n) is 6.97. The number of aromatic nitrogens is 2. The summed E-state index contributed by atoms with van der Waals surface area (Å²) in [6, 6.07) is 19.4. The van der Waals surface area contributed by atoms with Crippen molar-refractivity contribution in [2.45, 2.75) is 26.7 Å². The molecule has 2 aromatic carbocycles. The minimum atomic E-state index is -0.400. The number of nitrogens with one attached hydrogen (secondary N) is 1. The standard InChI is InChI=1S/C25H26N4O2/c1-3-5-15-31-23-13-11-19(12-14-23)24-21(16-20(17-26)25(30)27-4-2)18-29(28-24)22-9-7-6-8-10-22/h6-14,16,18H,3-5,15H2,1-2H3,(H,27,30). The van der Waals surface area contributed by atoms with Crippen LogP contribution in [0.4, 0.5) is 0 Å². The molecule has 1 aromatic heterocycles. The highest BCUT2D eigenvalue weighted by atomic mass is 16.5. The lowest BCUT2D eigenvalue weighted by Crippen LogP contribution is -2.23. The summed E-state index contributed by atoms with van der Waals surface area (Å²) in [6.07, 6.45) is 5.50. The zero-order valence-corrected chi connectivity index (χ0v) is 17.8. The third-order valence-electron chi connectivity index (χ3n) is 4.66. The highest BCUT2D eigenvalue weighted by Gasteiger charge is 2.15. The Balaban J connectivity index is 2.01. The van der Waals surface area contributed by atoms with Crippen LogP contribution >= 0.6 is 0 Å². The van der Waals surface area contributed by atoms with Gasteiger partial charge in [0.15, 0.2) is 0 Å². The number of ether oxygens (including phenoxy) is 1. The molecule has 0 radical (unpaired) electrons. The summed E-state index contributed by atoms with van der Waals surface area (Å²) in [5.41, 5.74) is 3.17. The Morgan fingerprint density at radius 3 is 2.55 bits per heavy atom. The Morgan fingerprint density at radius 2 is 1.90 bits per heavy atom. The number of benzene rings is 2. The lowest BCUT2D eigenvalue weighted by Gasteiger charge is -2.06. The van der Waals surface area contributed by atoms with E-state index in [2.05, 4.69) is 12.2 Å². The van der Waals surface area contributed by atoms with Crippen LogP contribution in [0.1, 0.15) is 32.3 Å². The summed E-state index contributed by atoms with van der Waals surface area (Å²) in [4.78, 5) is 12.2. The number of hydrogen-bond acceptors (Lipinski definition) is 4. The molecule has 0 bridgehead atoms. The minimum Gasteiger partial charge on any atom is -0.494 e. The molecule has 0 aliphatic heterocycles. The van der Waals surface area contributed by atoms with Gasteiger partial charge in [-0.3, -0.25) is 4.79 Å². The van der Waals surface area contributed by atoms with E-state index < -0.39 is 5.91 Å². The largest absolute Gasteiger partial charge is 0.494 e. The predicted octanol–water partition coefficient (Wildman–Crippen LogP) is 4.76. The van der Waals surface area contributed by atoms with Crippen LogP contribution in [0.3, 0.4) is 0 Å². The third kappa shape index (κ3) is 5.61. The first-order valence-corrected chi connectivity index (χ1v) is 10.4. The van der Waals surface area contributed by atoms with Crippen molar-refractivity contribution in [3.63, 3.8) is 0 Å². The maximum atomic E-state index is 12.2. The van der Waals surface area contributed by atoms with Crippen molar-refractivity contribution in [3.05, 3.63) is 71.9 Å². The molecule has 3 aromatic rings. The van der Waals surface area contributed by atoms with E-state index in [1.54, 1.807) is 10.8 Å². The monoisotopic (exact) mass is 414 g/mol. The first-order chi connectivity index (χ1) is 15.2. The molecule has 1 heterocycles. The molecule has 0 aliphatic carbocycles. The van der Waals surface area contributed by atoms with Crippen LogP contribution in [0.2, 0.25) is 0 Å². The molecule has 6 nitrogen and oxygen atoms in total. The topological polar surface area (TPSA) is 79.9 Å². The number of carbonyl (C=O) groups is 1. The summed E-state index contributed by atoms with van der Waals surface area (Å²) < 4.78 is 7.50. The van der Waals surface area contributed by atoms with Crippen molar-refractivity contribution < 1.29 is 9.53 Å². The smallest absolute Gasteiger partial charge is 0.261 e. The Morgan fingerprint density at radius 1 is 1.16 bits per heavy atom. The van der Waals surface area contributed by atoms with E-state index in [0.717, 1.165) is 29.8 Å². The number of nitrogens with zero attached hydrogens (tertiary/aromatic N) is 3. The van der Waals surface area contributed by atoms with Crippen molar-refractivity contribution in [2.24, 2.45) is 0 Å². The van der Waals surface area contributed by atoms with Crippen LogP contribution < -0.4 is 10.1 Å². The van der Waals surface area contributed by atoms with Crippen LogP contribution in [0.15, 0.2) is 66.4 Å². The second kappa shape index (κ2) is 10.8. The van der Waals surface area contributed by atoms with Crippen LogP contribution in [0.5, 0.6) is 5.75 Å². The van der Waals surface area contributed by atoms with Gasteiger partial charge >= 0.3 is 0 Å². The SMILES string of the molecule is CCCCOc1ccc(-c2nn(-c3ccccc3)cc2C=C(C#N)C(=O)NCC)cc1. The fourth-order valence-electron chi connectivity index (χ4n) is 3.03. The molecule has 0 saturated carbocycles. The van der Waals surface area contributed by atoms with Gasteiger partial charge in [-0.2, -0.15) is 10.4 Å². The van der Waals surface area contributed by atoms with Gasteiger partial charge in [-0.15, -0.1) is 0 Å². The molecule has 0 fully saturated rings. The van der Waals surface area contributed by atoms with Gasteiger partial charge in [0.2, 0.25) is 0 Å².